The topological polar surface area (TPSA) is 99.1 Å². The van der Waals surface area contributed by atoms with Crippen molar-refractivity contribution in [3.05, 3.63) is 40.9 Å². The number of carbonyl (C=O) groups is 1. The van der Waals surface area contributed by atoms with E-state index in [2.05, 4.69) is 30.2 Å². The van der Waals surface area contributed by atoms with E-state index in [0.29, 0.717) is 33.9 Å². The smallest absolute Gasteiger partial charge is 0.422 e. The molecule has 1 amide bonds. The van der Waals surface area contributed by atoms with Crippen molar-refractivity contribution in [1.82, 2.24) is 20.2 Å². The Balaban J connectivity index is 1.91. The monoisotopic (exact) mass is 459 g/mol. The first kappa shape index (κ1) is 21.7. The van der Waals surface area contributed by atoms with E-state index in [9.17, 15) is 18.0 Å². The molecular weight excluding hydrogens is 447 g/mol. The number of nitrogens with one attached hydrogen (secondary N) is 1. The molecule has 0 bridgehead atoms. The Morgan fingerprint density at radius 3 is 2.73 bits per heavy atom. The number of nitrogens with zero attached hydrogens (tertiary/aromatic N) is 4. The van der Waals surface area contributed by atoms with Gasteiger partial charge in [-0.15, -0.1) is 5.10 Å². The van der Waals surface area contributed by atoms with Crippen molar-refractivity contribution in [2.75, 3.05) is 19.0 Å². The molecule has 0 saturated carbocycles. The van der Waals surface area contributed by atoms with Gasteiger partial charge in [-0.1, -0.05) is 16.7 Å². The zero-order valence-corrected chi connectivity index (χ0v) is 17.0. The Hall–Kier alpha value is -2.99. The number of pyridine rings is 2. The highest BCUT2D eigenvalue weighted by Gasteiger charge is 2.29. The van der Waals surface area contributed by atoms with Gasteiger partial charge in [0, 0.05) is 18.0 Å². The van der Waals surface area contributed by atoms with Crippen molar-refractivity contribution in [2.24, 2.45) is 0 Å². The Morgan fingerprint density at radius 1 is 1.30 bits per heavy atom. The maximum absolute atomic E-state index is 12.9. The fraction of sp³-hybridized carbons (Fsp3) is 0.235. The summed E-state index contributed by atoms with van der Waals surface area (Å²) in [5.74, 6) is -0.265. The molecule has 0 atom stereocenters. The molecule has 0 unspecified atom stereocenters. The summed E-state index contributed by atoms with van der Waals surface area (Å²) < 4.78 is 46.7. The van der Waals surface area contributed by atoms with E-state index in [1.807, 2.05) is 0 Å². The van der Waals surface area contributed by atoms with Crippen LogP contribution in [0, 0.1) is 6.92 Å². The molecule has 30 heavy (non-hydrogen) atoms. The standard InChI is InChI=1S/C17H13ClF3N5O3S/c1-8-13(28-2)12(9-3-4-22-11(18)5-9)10(6-23-8)14(27)24-15-25-26-16(30-15)29-7-17(19,20)21/h3-6H,7H2,1-2H3,(H,24,25,27). The zero-order chi connectivity index (χ0) is 21.9. The van der Waals surface area contributed by atoms with Crippen LogP contribution in [-0.4, -0.2) is 46.0 Å². The molecule has 0 saturated heterocycles. The number of hydrogen-bond donors (Lipinski definition) is 1. The largest absolute Gasteiger partial charge is 0.494 e. The third-order valence-corrected chi connectivity index (χ3v) is 4.62. The number of aromatic nitrogens is 4. The van der Waals surface area contributed by atoms with Crippen LogP contribution < -0.4 is 14.8 Å². The molecule has 13 heteroatoms. The third-order valence-electron chi connectivity index (χ3n) is 3.66. The molecule has 3 rings (SSSR count). The first-order chi connectivity index (χ1) is 14.2. The summed E-state index contributed by atoms with van der Waals surface area (Å²) in [6, 6.07) is 3.21. The molecule has 3 heterocycles. The third kappa shape index (κ3) is 5.13. The molecule has 0 fully saturated rings. The number of alkyl halides is 3. The van der Waals surface area contributed by atoms with Gasteiger partial charge in [-0.25, -0.2) is 4.98 Å². The highest BCUT2D eigenvalue weighted by Crippen LogP contribution is 2.36. The summed E-state index contributed by atoms with van der Waals surface area (Å²) in [6.45, 7) is 0.198. The summed E-state index contributed by atoms with van der Waals surface area (Å²) in [4.78, 5) is 20.9. The van der Waals surface area contributed by atoms with Crippen LogP contribution in [0.3, 0.4) is 0 Å². The van der Waals surface area contributed by atoms with Gasteiger partial charge in [0.2, 0.25) is 5.13 Å². The van der Waals surface area contributed by atoms with Crippen molar-refractivity contribution < 1.29 is 27.4 Å². The van der Waals surface area contributed by atoms with Crippen LogP contribution in [0.2, 0.25) is 5.15 Å². The molecular formula is C17H13ClF3N5O3S. The molecule has 0 radical (unpaired) electrons. The predicted molar refractivity (Wildman–Crippen MR) is 103 cm³/mol. The maximum Gasteiger partial charge on any atom is 0.422 e. The van der Waals surface area contributed by atoms with Gasteiger partial charge in [0.25, 0.3) is 11.1 Å². The van der Waals surface area contributed by atoms with E-state index in [1.54, 1.807) is 19.1 Å². The molecule has 0 aromatic carbocycles. The lowest BCUT2D eigenvalue weighted by Gasteiger charge is -2.15. The molecule has 3 aromatic rings. The first-order valence-electron chi connectivity index (χ1n) is 8.18. The van der Waals surface area contributed by atoms with Gasteiger partial charge < -0.3 is 9.47 Å². The molecule has 1 N–H and O–H groups in total. The van der Waals surface area contributed by atoms with Gasteiger partial charge >= 0.3 is 6.18 Å². The Morgan fingerprint density at radius 2 is 2.07 bits per heavy atom. The van der Waals surface area contributed by atoms with Crippen LogP contribution in [0.1, 0.15) is 16.1 Å². The Bertz CT molecular complexity index is 1080. The van der Waals surface area contributed by atoms with Crippen molar-refractivity contribution in [1.29, 1.82) is 0 Å². The van der Waals surface area contributed by atoms with Gasteiger partial charge in [-0.2, -0.15) is 13.2 Å². The second-order valence-corrected chi connectivity index (χ2v) is 7.09. The normalized spacial score (nSPS) is 11.3. The van der Waals surface area contributed by atoms with Gasteiger partial charge in [-0.05, 0) is 36.0 Å². The van der Waals surface area contributed by atoms with Crippen LogP contribution in [0.4, 0.5) is 18.3 Å². The molecule has 3 aromatic heterocycles. The number of carbonyl (C=O) groups excluding carboxylic acids is 1. The van der Waals surface area contributed by atoms with E-state index in [0.717, 1.165) is 0 Å². The molecule has 0 aliphatic carbocycles. The van der Waals surface area contributed by atoms with Gasteiger partial charge in [0.15, 0.2) is 6.61 Å². The lowest BCUT2D eigenvalue weighted by atomic mass is 9.99. The fourth-order valence-electron chi connectivity index (χ4n) is 2.48. The number of hydrogen-bond acceptors (Lipinski definition) is 8. The van der Waals surface area contributed by atoms with Crippen molar-refractivity contribution in [2.45, 2.75) is 13.1 Å². The number of rotatable bonds is 6. The summed E-state index contributed by atoms with van der Waals surface area (Å²) in [6.07, 6.45) is -1.69. The minimum Gasteiger partial charge on any atom is -0.494 e. The van der Waals surface area contributed by atoms with E-state index >= 15 is 0 Å². The van der Waals surface area contributed by atoms with E-state index in [4.69, 9.17) is 16.3 Å². The fourth-order valence-corrected chi connectivity index (χ4v) is 3.25. The summed E-state index contributed by atoms with van der Waals surface area (Å²) in [7, 11) is 1.44. The average Bonchev–Trinajstić information content (AvgIpc) is 3.13. The van der Waals surface area contributed by atoms with Crippen LogP contribution in [0.25, 0.3) is 11.1 Å². The first-order valence-corrected chi connectivity index (χ1v) is 9.37. The van der Waals surface area contributed by atoms with Gasteiger partial charge in [-0.3, -0.25) is 15.1 Å². The average molecular weight is 460 g/mol. The van der Waals surface area contributed by atoms with E-state index in [1.165, 1.54) is 19.5 Å². The molecule has 0 spiro atoms. The molecule has 8 nitrogen and oxygen atoms in total. The van der Waals surface area contributed by atoms with Crippen LogP contribution >= 0.6 is 22.9 Å². The van der Waals surface area contributed by atoms with Crippen LogP contribution in [-0.2, 0) is 0 Å². The summed E-state index contributed by atoms with van der Waals surface area (Å²) in [5.41, 5.74) is 1.65. The zero-order valence-electron chi connectivity index (χ0n) is 15.5. The van der Waals surface area contributed by atoms with Crippen molar-refractivity contribution in [3.63, 3.8) is 0 Å². The van der Waals surface area contributed by atoms with Gasteiger partial charge in [0.1, 0.15) is 10.9 Å². The number of amides is 1. The Kier molecular flexibility index (Phi) is 6.37. The number of ether oxygens (including phenoxy) is 2. The quantitative estimate of drug-likeness (QED) is 0.552. The lowest BCUT2D eigenvalue weighted by molar-refractivity contribution is -0.153. The van der Waals surface area contributed by atoms with Crippen LogP contribution in [0.15, 0.2) is 24.5 Å². The van der Waals surface area contributed by atoms with E-state index in [-0.39, 0.29) is 21.0 Å². The predicted octanol–water partition coefficient (Wildman–Crippen LogP) is 4.16. The lowest BCUT2D eigenvalue weighted by Crippen LogP contribution is -2.19. The van der Waals surface area contributed by atoms with Crippen LogP contribution in [0.5, 0.6) is 10.9 Å². The number of aryl methyl sites for hydroxylation is 1. The number of anilines is 1. The van der Waals surface area contributed by atoms with Crippen molar-refractivity contribution >= 4 is 34.0 Å². The minimum absolute atomic E-state index is 0.0459. The van der Waals surface area contributed by atoms with Crippen molar-refractivity contribution in [3.8, 4) is 22.1 Å². The maximum atomic E-state index is 12.9. The number of methoxy groups -OCH3 is 1. The SMILES string of the molecule is COc1c(C)ncc(C(=O)Nc2nnc(OCC(F)(F)F)s2)c1-c1ccnc(Cl)c1. The summed E-state index contributed by atoms with van der Waals surface area (Å²) in [5, 5.41) is 9.40. The number of halogens is 4. The van der Waals surface area contributed by atoms with Gasteiger partial charge in [0.05, 0.1) is 18.4 Å². The van der Waals surface area contributed by atoms with E-state index < -0.39 is 18.7 Å². The Labute approximate surface area is 177 Å². The molecule has 158 valence electrons. The highest BCUT2D eigenvalue weighted by molar-refractivity contribution is 7.17. The summed E-state index contributed by atoms with van der Waals surface area (Å²) >= 11 is 6.63. The second kappa shape index (κ2) is 8.79. The second-order valence-electron chi connectivity index (χ2n) is 5.76. The molecule has 0 aliphatic rings. The minimum atomic E-state index is -4.51. The molecule has 0 aliphatic heterocycles. The highest BCUT2D eigenvalue weighted by atomic mass is 35.5.